The predicted molar refractivity (Wildman–Crippen MR) is 119 cm³/mol. The Bertz CT molecular complexity index is 990. The smallest absolute Gasteiger partial charge is 0.395 e. The van der Waals surface area contributed by atoms with Gasteiger partial charge in [-0.05, 0) is 41.0 Å². The average Bonchev–Trinajstić information content (AvgIpc) is 2.81. The third-order valence-electron chi connectivity index (χ3n) is 5.65. The molecule has 0 bridgehead atoms. The molecule has 0 aliphatic carbocycles. The molecule has 1 fully saturated rings. The number of rotatable bonds is 6. The Balaban J connectivity index is 1.84. The van der Waals surface area contributed by atoms with Gasteiger partial charge < -0.3 is 10.0 Å². The van der Waals surface area contributed by atoms with Crippen molar-refractivity contribution in [3.63, 3.8) is 0 Å². The fraction of sp³-hybridized carbons (Fsp3) is 0.320. The quantitative estimate of drug-likeness (QED) is 0.352. The highest BCUT2D eigenvalue weighted by atomic mass is 19.4. The van der Waals surface area contributed by atoms with Crippen LogP contribution in [0.3, 0.4) is 0 Å². The minimum absolute atomic E-state index is 0.0370. The number of hydrogen-bond donors (Lipinski definition) is 1. The summed E-state index contributed by atoms with van der Waals surface area (Å²) in [5.74, 6) is -0.260. The minimum atomic E-state index is -4.52. The highest BCUT2D eigenvalue weighted by Crippen LogP contribution is 2.33. The number of nitrogens with zero attached hydrogens (tertiary/aromatic N) is 2. The third-order valence-corrected chi connectivity index (χ3v) is 5.65. The Morgan fingerprint density at radius 3 is 1.66 bits per heavy atom. The summed E-state index contributed by atoms with van der Waals surface area (Å²) in [6.45, 7) is 2.78. The standard InChI is InChI=1S/C25H24F6N2O2/c26-24(27,28)20-8-4-18(5-9-20)22(19-6-10-21(11-7-19)25(29,30)31)2-1-3-23(35)33-14-12-32(13-15-33)16-17-34/h1-11,34H,12-17H2. The van der Waals surface area contributed by atoms with E-state index in [0.29, 0.717) is 49.4 Å². The molecule has 35 heavy (non-hydrogen) atoms. The van der Waals surface area contributed by atoms with Gasteiger partial charge in [0.2, 0.25) is 5.91 Å². The highest BCUT2D eigenvalue weighted by Gasteiger charge is 2.31. The van der Waals surface area contributed by atoms with Gasteiger partial charge in [-0.25, -0.2) is 0 Å². The van der Waals surface area contributed by atoms with Crippen molar-refractivity contribution in [2.75, 3.05) is 39.3 Å². The lowest BCUT2D eigenvalue weighted by atomic mass is 9.95. The summed E-state index contributed by atoms with van der Waals surface area (Å²) in [5, 5.41) is 9.01. The average molecular weight is 498 g/mol. The fourth-order valence-electron chi connectivity index (χ4n) is 3.70. The van der Waals surface area contributed by atoms with Gasteiger partial charge in [0.25, 0.3) is 0 Å². The van der Waals surface area contributed by atoms with E-state index in [-0.39, 0.29) is 12.5 Å². The summed E-state index contributed by atoms with van der Waals surface area (Å²) < 4.78 is 77.7. The topological polar surface area (TPSA) is 43.8 Å². The van der Waals surface area contributed by atoms with E-state index in [2.05, 4.69) is 0 Å². The molecule has 1 aliphatic rings. The highest BCUT2D eigenvalue weighted by molar-refractivity contribution is 5.89. The van der Waals surface area contributed by atoms with E-state index >= 15 is 0 Å². The van der Waals surface area contributed by atoms with Crippen LogP contribution in [0.25, 0.3) is 5.57 Å². The van der Waals surface area contributed by atoms with E-state index in [1.54, 1.807) is 4.90 Å². The third kappa shape index (κ3) is 7.19. The molecule has 188 valence electrons. The first-order valence-electron chi connectivity index (χ1n) is 10.8. The number of benzene rings is 2. The molecular weight excluding hydrogens is 474 g/mol. The summed E-state index contributed by atoms with van der Waals surface area (Å²) in [7, 11) is 0. The van der Waals surface area contributed by atoms with Gasteiger partial charge in [0, 0.05) is 38.8 Å². The van der Waals surface area contributed by atoms with Crippen molar-refractivity contribution in [2.45, 2.75) is 12.4 Å². The molecule has 1 amide bonds. The van der Waals surface area contributed by atoms with Gasteiger partial charge in [-0.15, -0.1) is 0 Å². The van der Waals surface area contributed by atoms with Crippen molar-refractivity contribution < 1.29 is 36.2 Å². The molecule has 2 aromatic carbocycles. The van der Waals surface area contributed by atoms with Crippen molar-refractivity contribution in [3.05, 3.63) is 89.0 Å². The molecule has 1 aliphatic heterocycles. The Morgan fingerprint density at radius 1 is 0.800 bits per heavy atom. The maximum Gasteiger partial charge on any atom is 0.416 e. The molecular formula is C25H24F6N2O2. The number of halogens is 6. The first-order chi connectivity index (χ1) is 16.5. The largest absolute Gasteiger partial charge is 0.416 e. The van der Waals surface area contributed by atoms with Crippen molar-refractivity contribution in [3.8, 4) is 0 Å². The minimum Gasteiger partial charge on any atom is -0.395 e. The number of carbonyl (C=O) groups excluding carboxylic acids is 1. The van der Waals surface area contributed by atoms with Crippen molar-refractivity contribution in [1.82, 2.24) is 9.80 Å². The van der Waals surface area contributed by atoms with Gasteiger partial charge in [0.15, 0.2) is 0 Å². The zero-order chi connectivity index (χ0) is 25.6. The second-order valence-corrected chi connectivity index (χ2v) is 7.98. The monoisotopic (exact) mass is 498 g/mol. The molecule has 0 saturated carbocycles. The lowest BCUT2D eigenvalue weighted by Gasteiger charge is -2.33. The molecule has 0 atom stereocenters. The van der Waals surface area contributed by atoms with E-state index < -0.39 is 23.5 Å². The molecule has 1 N–H and O–H groups in total. The first-order valence-corrected chi connectivity index (χ1v) is 10.8. The van der Waals surface area contributed by atoms with Gasteiger partial charge in [0.1, 0.15) is 0 Å². The van der Waals surface area contributed by atoms with E-state index in [4.69, 9.17) is 5.11 Å². The van der Waals surface area contributed by atoms with Crippen LogP contribution in [-0.2, 0) is 17.1 Å². The molecule has 0 aromatic heterocycles. The molecule has 10 heteroatoms. The lowest BCUT2D eigenvalue weighted by molar-refractivity contribution is -0.138. The van der Waals surface area contributed by atoms with Crippen LogP contribution in [0.5, 0.6) is 0 Å². The Kier molecular flexibility index (Phi) is 8.39. The van der Waals surface area contributed by atoms with Crippen LogP contribution < -0.4 is 0 Å². The summed E-state index contributed by atoms with van der Waals surface area (Å²) >= 11 is 0. The van der Waals surface area contributed by atoms with E-state index in [1.807, 2.05) is 4.90 Å². The number of alkyl halides is 6. The fourth-order valence-corrected chi connectivity index (χ4v) is 3.70. The van der Waals surface area contributed by atoms with Crippen molar-refractivity contribution in [2.24, 2.45) is 0 Å². The number of amides is 1. The van der Waals surface area contributed by atoms with E-state index in [0.717, 1.165) is 24.3 Å². The number of aliphatic hydroxyl groups is 1. The van der Waals surface area contributed by atoms with Gasteiger partial charge in [-0.2, -0.15) is 26.3 Å². The molecule has 0 radical (unpaired) electrons. The summed E-state index contributed by atoms with van der Waals surface area (Å²) in [5.41, 5.74) is -0.623. The lowest BCUT2D eigenvalue weighted by Crippen LogP contribution is -2.48. The molecule has 2 aromatic rings. The van der Waals surface area contributed by atoms with Crippen molar-refractivity contribution >= 4 is 11.5 Å². The molecule has 1 saturated heterocycles. The van der Waals surface area contributed by atoms with Crippen LogP contribution in [0.4, 0.5) is 26.3 Å². The zero-order valence-corrected chi connectivity index (χ0v) is 18.6. The predicted octanol–water partition coefficient (Wildman–Crippen LogP) is 4.85. The number of β-amino-alcohol motifs (C(OH)–C–C–N with tert-alkyl or cyclic N) is 1. The Labute approximate surface area is 198 Å². The second kappa shape index (κ2) is 11.1. The normalized spacial score (nSPS) is 15.5. The van der Waals surface area contributed by atoms with Crippen LogP contribution in [0.2, 0.25) is 0 Å². The molecule has 0 spiro atoms. The van der Waals surface area contributed by atoms with Crippen LogP contribution in [0.15, 0.2) is 66.8 Å². The Hall–Kier alpha value is -3.11. The van der Waals surface area contributed by atoms with Gasteiger partial charge in [-0.1, -0.05) is 36.4 Å². The van der Waals surface area contributed by atoms with Gasteiger partial charge >= 0.3 is 12.4 Å². The maximum absolute atomic E-state index is 12.9. The second-order valence-electron chi connectivity index (χ2n) is 7.98. The molecule has 1 heterocycles. The van der Waals surface area contributed by atoms with Crippen LogP contribution in [-0.4, -0.2) is 60.1 Å². The van der Waals surface area contributed by atoms with E-state index in [9.17, 15) is 31.1 Å². The number of aliphatic hydroxyl groups excluding tert-OH is 1. The van der Waals surface area contributed by atoms with E-state index in [1.165, 1.54) is 42.5 Å². The number of allylic oxidation sites excluding steroid dienone is 2. The summed E-state index contributed by atoms with van der Waals surface area (Å²) in [6.07, 6.45) is -4.80. The summed E-state index contributed by atoms with van der Waals surface area (Å²) in [6, 6.07) is 8.54. The number of carbonyl (C=O) groups is 1. The van der Waals surface area contributed by atoms with Crippen LogP contribution >= 0.6 is 0 Å². The van der Waals surface area contributed by atoms with Crippen LogP contribution in [0, 0.1) is 0 Å². The number of hydrogen-bond acceptors (Lipinski definition) is 3. The number of piperazine rings is 1. The SMILES string of the molecule is O=C(C=CC=C(c1ccc(C(F)(F)F)cc1)c1ccc(C(F)(F)F)cc1)N1CCN(CCO)CC1. The van der Waals surface area contributed by atoms with Crippen LogP contribution in [0.1, 0.15) is 22.3 Å². The maximum atomic E-state index is 12.9. The zero-order valence-electron chi connectivity index (χ0n) is 18.6. The Morgan fingerprint density at radius 2 is 1.26 bits per heavy atom. The molecule has 4 nitrogen and oxygen atoms in total. The van der Waals surface area contributed by atoms with Gasteiger partial charge in [-0.3, -0.25) is 9.69 Å². The summed E-state index contributed by atoms with van der Waals surface area (Å²) in [4.78, 5) is 16.2. The molecule has 0 unspecified atom stereocenters. The first kappa shape index (κ1) is 26.5. The molecule has 3 rings (SSSR count). The van der Waals surface area contributed by atoms with Crippen molar-refractivity contribution in [1.29, 1.82) is 0 Å². The van der Waals surface area contributed by atoms with Gasteiger partial charge in [0.05, 0.1) is 17.7 Å².